The molecule has 0 aromatic heterocycles. The van der Waals surface area contributed by atoms with Crippen molar-refractivity contribution in [3.63, 3.8) is 0 Å². The molecule has 0 bridgehead atoms. The molecular formula is C17H22NO4W-. The molecule has 0 unspecified atom stereocenters. The first-order valence-electron chi connectivity index (χ1n) is 7.50. The average Bonchev–Trinajstić information content (AvgIpc) is 2.50. The minimum Gasteiger partial charge on any atom is -0.480 e. The number of aryl methyl sites for hydroxylation is 1. The van der Waals surface area contributed by atoms with Crippen molar-refractivity contribution in [1.29, 1.82) is 0 Å². The quantitative estimate of drug-likeness (QED) is 0.621. The Hall–Kier alpha value is -1.19. The van der Waals surface area contributed by atoms with Crippen LogP contribution < -0.4 is 5.32 Å². The number of carboxylic acids is 1. The molecule has 1 aliphatic carbocycles. The number of aliphatic carboxylic acids is 1. The fraction of sp³-hybridized carbons (Fsp3) is 0.529. The summed E-state index contributed by atoms with van der Waals surface area (Å²) in [5.41, 5.74) is 0.602. The molecule has 0 saturated heterocycles. The predicted octanol–water partition coefficient (Wildman–Crippen LogP) is 1.86. The van der Waals surface area contributed by atoms with E-state index in [9.17, 15) is 14.7 Å². The number of carbonyl (C=O) groups excluding carboxylic acids is 1. The Morgan fingerprint density at radius 1 is 1.43 bits per heavy atom. The summed E-state index contributed by atoms with van der Waals surface area (Å²) >= 11 is 0. The van der Waals surface area contributed by atoms with Crippen LogP contribution in [0.3, 0.4) is 0 Å². The van der Waals surface area contributed by atoms with Gasteiger partial charge in [0.1, 0.15) is 5.54 Å². The van der Waals surface area contributed by atoms with Crippen LogP contribution >= 0.6 is 0 Å². The molecule has 0 spiro atoms. The second-order valence-electron chi connectivity index (χ2n) is 5.88. The molecule has 0 atom stereocenters. The van der Waals surface area contributed by atoms with Crippen molar-refractivity contribution < 1.29 is 40.5 Å². The molecule has 1 aromatic rings. The van der Waals surface area contributed by atoms with E-state index in [1.54, 1.807) is 13.2 Å². The summed E-state index contributed by atoms with van der Waals surface area (Å²) in [6, 6.07) is 8.57. The Bertz CT molecular complexity index is 553. The zero-order chi connectivity index (χ0) is 16.2. The Morgan fingerprint density at radius 2 is 2.09 bits per heavy atom. The van der Waals surface area contributed by atoms with Gasteiger partial charge in [-0.1, -0.05) is 6.92 Å². The topological polar surface area (TPSA) is 75.6 Å². The Kier molecular flexibility index (Phi) is 7.43. The minimum atomic E-state index is -1.17. The minimum absolute atomic E-state index is 0. The number of methoxy groups -OCH3 is 1. The average molecular weight is 488 g/mol. The van der Waals surface area contributed by atoms with Crippen LogP contribution in [0, 0.1) is 13.0 Å². The monoisotopic (exact) mass is 488 g/mol. The molecule has 1 fully saturated rings. The summed E-state index contributed by atoms with van der Waals surface area (Å²) in [7, 11) is 1.63. The number of hydrogen-bond donors (Lipinski definition) is 2. The van der Waals surface area contributed by atoms with Crippen LogP contribution in [0.25, 0.3) is 0 Å². The number of amides is 1. The number of hydrogen-bond acceptors (Lipinski definition) is 3. The van der Waals surface area contributed by atoms with E-state index in [4.69, 9.17) is 4.74 Å². The summed E-state index contributed by atoms with van der Waals surface area (Å²) < 4.78 is 5.27. The van der Waals surface area contributed by atoms with Crippen LogP contribution in [-0.4, -0.2) is 35.7 Å². The van der Waals surface area contributed by atoms with E-state index in [0.29, 0.717) is 25.7 Å². The third-order valence-corrected chi connectivity index (χ3v) is 4.42. The van der Waals surface area contributed by atoms with Crippen LogP contribution in [0.5, 0.6) is 0 Å². The molecule has 2 rings (SSSR count). The normalized spacial score (nSPS) is 23.7. The molecule has 1 saturated carbocycles. The van der Waals surface area contributed by atoms with Gasteiger partial charge in [0, 0.05) is 34.6 Å². The molecule has 0 heterocycles. The van der Waals surface area contributed by atoms with Gasteiger partial charge in [-0.15, -0.1) is 0 Å². The van der Waals surface area contributed by atoms with Crippen molar-refractivity contribution in [1.82, 2.24) is 5.32 Å². The first-order chi connectivity index (χ1) is 10.5. The standard InChI is InChI=1S/C17H22NO4.W/c1-12-5-3-4-6-13(12)11-15(19)18-17(16(20)21)9-7-14(22-2)8-10-17;/h3-5,14H,7-11H2,1-2H3,(H,18,19)(H,20,21);/q-1;. The number of benzene rings is 1. The van der Waals surface area contributed by atoms with E-state index in [1.165, 1.54) is 0 Å². The summed E-state index contributed by atoms with van der Waals surface area (Å²) in [6.07, 6.45) is 2.29. The summed E-state index contributed by atoms with van der Waals surface area (Å²) in [4.78, 5) is 23.9. The predicted molar refractivity (Wildman–Crippen MR) is 81.5 cm³/mol. The van der Waals surface area contributed by atoms with Gasteiger partial charge in [0.05, 0.1) is 6.10 Å². The van der Waals surface area contributed by atoms with Gasteiger partial charge in [-0.3, -0.25) is 4.79 Å². The van der Waals surface area contributed by atoms with Crippen molar-refractivity contribution in [2.45, 2.75) is 50.7 Å². The molecule has 1 aliphatic rings. The van der Waals surface area contributed by atoms with Crippen LogP contribution in [0.2, 0.25) is 0 Å². The van der Waals surface area contributed by atoms with E-state index in [-0.39, 0.29) is 39.5 Å². The molecule has 126 valence electrons. The molecule has 1 amide bonds. The zero-order valence-corrected chi connectivity index (χ0v) is 16.4. The number of nitrogens with one attached hydrogen (secondary N) is 1. The maximum Gasteiger partial charge on any atom is 0.329 e. The van der Waals surface area contributed by atoms with Gasteiger partial charge in [0.15, 0.2) is 0 Å². The summed E-state index contributed by atoms with van der Waals surface area (Å²) in [5.74, 6) is -1.24. The maximum absolute atomic E-state index is 12.3. The number of carbonyl (C=O) groups is 2. The summed E-state index contributed by atoms with van der Waals surface area (Å²) in [5, 5.41) is 12.3. The van der Waals surface area contributed by atoms with Gasteiger partial charge < -0.3 is 15.2 Å². The molecular weight excluding hydrogens is 466 g/mol. The van der Waals surface area contributed by atoms with E-state index < -0.39 is 11.5 Å². The SMILES string of the molecule is COC1CCC(NC(=O)Cc2[c-]cccc2C)(C(=O)O)CC1.[W]. The Morgan fingerprint density at radius 3 is 2.61 bits per heavy atom. The third-order valence-electron chi connectivity index (χ3n) is 4.42. The van der Waals surface area contributed by atoms with Crippen molar-refractivity contribution in [2.24, 2.45) is 0 Å². The maximum atomic E-state index is 12.3. The van der Waals surface area contributed by atoms with Gasteiger partial charge in [-0.25, -0.2) is 4.79 Å². The Labute approximate surface area is 151 Å². The Balaban J connectivity index is 0.00000264. The van der Waals surface area contributed by atoms with Gasteiger partial charge in [-0.05, 0) is 25.7 Å². The smallest absolute Gasteiger partial charge is 0.329 e. The van der Waals surface area contributed by atoms with Crippen molar-refractivity contribution in [3.8, 4) is 0 Å². The first kappa shape index (κ1) is 19.9. The molecule has 23 heavy (non-hydrogen) atoms. The van der Waals surface area contributed by atoms with E-state index in [1.807, 2.05) is 19.1 Å². The molecule has 0 radical (unpaired) electrons. The molecule has 1 aromatic carbocycles. The third kappa shape index (κ3) is 4.89. The van der Waals surface area contributed by atoms with Crippen LogP contribution in [0.4, 0.5) is 0 Å². The molecule has 2 N–H and O–H groups in total. The van der Waals surface area contributed by atoms with Crippen molar-refractivity contribution in [3.05, 3.63) is 35.4 Å². The number of ether oxygens (including phenoxy) is 1. The molecule has 6 heteroatoms. The fourth-order valence-corrected chi connectivity index (χ4v) is 2.93. The second kappa shape index (κ2) is 8.60. The fourth-order valence-electron chi connectivity index (χ4n) is 2.93. The molecule has 0 aliphatic heterocycles. The number of carboxylic acid groups (broad SMARTS) is 1. The zero-order valence-electron chi connectivity index (χ0n) is 13.4. The van der Waals surface area contributed by atoms with Crippen LogP contribution in [-0.2, 0) is 41.8 Å². The summed E-state index contributed by atoms with van der Waals surface area (Å²) in [6.45, 7) is 1.91. The van der Waals surface area contributed by atoms with E-state index in [0.717, 1.165) is 11.1 Å². The largest absolute Gasteiger partial charge is 0.480 e. The van der Waals surface area contributed by atoms with Gasteiger partial charge in [0.25, 0.3) is 0 Å². The van der Waals surface area contributed by atoms with E-state index >= 15 is 0 Å². The molecule has 5 nitrogen and oxygen atoms in total. The van der Waals surface area contributed by atoms with Crippen molar-refractivity contribution >= 4 is 11.9 Å². The van der Waals surface area contributed by atoms with Crippen LogP contribution in [0.15, 0.2) is 18.2 Å². The van der Waals surface area contributed by atoms with Crippen LogP contribution in [0.1, 0.15) is 36.8 Å². The van der Waals surface area contributed by atoms with Gasteiger partial charge in [0.2, 0.25) is 5.91 Å². The van der Waals surface area contributed by atoms with Gasteiger partial charge >= 0.3 is 5.97 Å². The van der Waals surface area contributed by atoms with Gasteiger partial charge in [-0.2, -0.15) is 35.4 Å². The second-order valence-corrected chi connectivity index (χ2v) is 5.88. The van der Waals surface area contributed by atoms with Crippen molar-refractivity contribution in [2.75, 3.05) is 7.11 Å². The van der Waals surface area contributed by atoms with E-state index in [2.05, 4.69) is 11.4 Å². The number of rotatable bonds is 5. The first-order valence-corrected chi connectivity index (χ1v) is 7.50.